The molecule has 4 rings (SSSR count). The number of sulfonamides is 1. The van der Waals surface area contributed by atoms with Gasteiger partial charge in [0, 0.05) is 34.6 Å². The molecule has 0 saturated carbocycles. The van der Waals surface area contributed by atoms with E-state index in [0.29, 0.717) is 28.2 Å². The van der Waals surface area contributed by atoms with Crippen LogP contribution >= 0.6 is 11.3 Å². The first-order chi connectivity index (χ1) is 17.8. The summed E-state index contributed by atoms with van der Waals surface area (Å²) in [5.41, 5.74) is 2.75. The minimum Gasteiger partial charge on any atom is -0.472 e. The maximum Gasteiger partial charge on any atom is 0.263 e. The number of anilines is 1. The van der Waals surface area contributed by atoms with Crippen LogP contribution in [0.1, 0.15) is 18.1 Å². The van der Waals surface area contributed by atoms with E-state index in [9.17, 15) is 18.1 Å². The molecule has 1 aliphatic heterocycles. The standard InChI is InChI=1S/C25H20FN5O4S2/c1-3-24(26)30-13-16(2)21-11-20(17-6-8-34-15-17)23(14-29-21)35-22-5-4-19(10-18(22)12-27)37(32,33)31-25-28-7-9-36-25/h3-11,13,15,29H,1,14H2,2H3,(H,28,31)/b16-13+,30-24+. The zero-order valence-corrected chi connectivity index (χ0v) is 21.1. The number of hydrogen-bond donors (Lipinski definition) is 2. The molecule has 3 heterocycles. The van der Waals surface area contributed by atoms with Gasteiger partial charge in [-0.1, -0.05) is 6.58 Å². The van der Waals surface area contributed by atoms with Crippen molar-refractivity contribution in [1.82, 2.24) is 10.3 Å². The van der Waals surface area contributed by atoms with Gasteiger partial charge in [0.05, 0.1) is 29.5 Å². The first kappa shape index (κ1) is 25.6. The molecule has 0 amide bonds. The molecule has 0 fully saturated rings. The minimum atomic E-state index is -3.95. The SMILES string of the molecule is C=C/C(F)=N\C=C(/C)C1=CC(c2ccoc2)=C(Oc2ccc(S(=O)(=O)Nc3nccs3)cc2C#N)CN1. The number of rotatable bonds is 9. The van der Waals surface area contributed by atoms with Crippen LogP contribution in [0.25, 0.3) is 5.57 Å². The van der Waals surface area contributed by atoms with Gasteiger partial charge in [-0.3, -0.25) is 4.72 Å². The number of nitrogens with one attached hydrogen (secondary N) is 2. The first-order valence-corrected chi connectivity index (χ1v) is 13.1. The fourth-order valence-corrected chi connectivity index (χ4v) is 5.08. The third kappa shape index (κ3) is 6.03. The lowest BCUT2D eigenvalue weighted by molar-refractivity contribution is 0.408. The Bertz CT molecular complexity index is 1580. The molecule has 0 radical (unpaired) electrons. The number of benzene rings is 1. The van der Waals surface area contributed by atoms with Gasteiger partial charge in [-0.15, -0.1) is 11.3 Å². The summed E-state index contributed by atoms with van der Waals surface area (Å²) >= 11 is 1.14. The lowest BCUT2D eigenvalue weighted by Gasteiger charge is -2.23. The van der Waals surface area contributed by atoms with Crippen molar-refractivity contribution in [3.05, 3.63) is 101 Å². The topological polar surface area (TPSA) is 130 Å². The highest BCUT2D eigenvalue weighted by molar-refractivity contribution is 7.93. The largest absolute Gasteiger partial charge is 0.472 e. The molecule has 0 aliphatic carbocycles. The first-order valence-electron chi connectivity index (χ1n) is 10.7. The van der Waals surface area contributed by atoms with Gasteiger partial charge in [-0.05, 0) is 48.9 Å². The summed E-state index contributed by atoms with van der Waals surface area (Å²) in [6.45, 7) is 5.33. The fraction of sp³-hybridized carbons (Fsp3) is 0.0800. The van der Waals surface area contributed by atoms with E-state index in [4.69, 9.17) is 9.15 Å². The average molecular weight is 538 g/mol. The Hall–Kier alpha value is -4.47. The molecule has 37 heavy (non-hydrogen) atoms. The van der Waals surface area contributed by atoms with E-state index in [1.54, 1.807) is 24.4 Å². The van der Waals surface area contributed by atoms with Crippen molar-refractivity contribution in [1.29, 1.82) is 5.26 Å². The number of hydrogen-bond acceptors (Lipinski definition) is 9. The van der Waals surface area contributed by atoms with Crippen LogP contribution in [-0.4, -0.2) is 25.9 Å². The summed E-state index contributed by atoms with van der Waals surface area (Å²) in [6, 6.07) is 7.75. The van der Waals surface area contributed by atoms with Crippen LogP contribution in [0.2, 0.25) is 0 Å². The average Bonchev–Trinajstić information content (AvgIpc) is 3.62. The van der Waals surface area contributed by atoms with Crippen molar-refractivity contribution in [2.45, 2.75) is 11.8 Å². The van der Waals surface area contributed by atoms with Crippen molar-refractivity contribution in [2.75, 3.05) is 11.3 Å². The van der Waals surface area contributed by atoms with Crippen molar-refractivity contribution < 1.29 is 22.0 Å². The molecule has 0 bridgehead atoms. The van der Waals surface area contributed by atoms with Gasteiger partial charge in [0.15, 0.2) is 5.13 Å². The second-order valence-corrected chi connectivity index (χ2v) is 10.1. The maximum atomic E-state index is 13.4. The van der Waals surface area contributed by atoms with Crippen LogP contribution in [0.5, 0.6) is 5.75 Å². The number of nitriles is 1. The summed E-state index contributed by atoms with van der Waals surface area (Å²) in [5.74, 6) is -0.0660. The third-order valence-corrected chi connectivity index (χ3v) is 7.26. The zero-order chi connectivity index (χ0) is 26.4. The molecule has 0 saturated heterocycles. The van der Waals surface area contributed by atoms with E-state index >= 15 is 0 Å². The number of thiazole rings is 1. The molecule has 12 heteroatoms. The van der Waals surface area contributed by atoms with Gasteiger partial charge in [-0.25, -0.2) is 18.4 Å². The van der Waals surface area contributed by atoms with Crippen LogP contribution in [0.4, 0.5) is 9.52 Å². The number of halogens is 1. The van der Waals surface area contributed by atoms with Gasteiger partial charge in [0.25, 0.3) is 10.0 Å². The molecule has 0 unspecified atom stereocenters. The Morgan fingerprint density at radius 2 is 2.27 bits per heavy atom. The summed E-state index contributed by atoms with van der Waals surface area (Å²) in [7, 11) is -3.95. The normalized spacial score (nSPS) is 14.5. The monoisotopic (exact) mass is 537 g/mol. The number of furan rings is 1. The Balaban J connectivity index is 1.68. The van der Waals surface area contributed by atoms with Crippen LogP contribution in [0.3, 0.4) is 0 Å². The van der Waals surface area contributed by atoms with Gasteiger partial charge in [0.2, 0.25) is 5.97 Å². The molecular weight excluding hydrogens is 517 g/mol. The number of aromatic nitrogens is 1. The molecule has 3 aromatic rings. The number of nitrogens with zero attached hydrogens (tertiary/aromatic N) is 3. The highest BCUT2D eigenvalue weighted by Gasteiger charge is 2.22. The van der Waals surface area contributed by atoms with Crippen LogP contribution in [-0.2, 0) is 10.0 Å². The van der Waals surface area contributed by atoms with Gasteiger partial charge in [0.1, 0.15) is 17.6 Å². The Morgan fingerprint density at radius 1 is 1.43 bits per heavy atom. The summed E-state index contributed by atoms with van der Waals surface area (Å²) in [6.07, 6.45) is 8.71. The smallest absolute Gasteiger partial charge is 0.263 e. The van der Waals surface area contributed by atoms with Crippen molar-refractivity contribution in [2.24, 2.45) is 4.99 Å². The minimum absolute atomic E-state index is 0.0288. The molecule has 188 valence electrons. The highest BCUT2D eigenvalue weighted by Crippen LogP contribution is 2.31. The molecule has 2 aromatic heterocycles. The van der Waals surface area contributed by atoms with Crippen molar-refractivity contribution in [3.63, 3.8) is 0 Å². The van der Waals surface area contributed by atoms with Crippen molar-refractivity contribution >= 4 is 38.0 Å². The van der Waals surface area contributed by atoms with E-state index in [1.807, 2.05) is 6.07 Å². The Morgan fingerprint density at radius 3 is 2.95 bits per heavy atom. The van der Waals surface area contributed by atoms with E-state index in [0.717, 1.165) is 17.4 Å². The summed E-state index contributed by atoms with van der Waals surface area (Å²) < 4.78 is 52.5. The molecule has 1 aromatic carbocycles. The lowest BCUT2D eigenvalue weighted by Crippen LogP contribution is -2.25. The number of ether oxygens (including phenoxy) is 1. The second-order valence-electron chi connectivity index (χ2n) is 7.54. The fourth-order valence-electron chi connectivity index (χ4n) is 3.27. The summed E-state index contributed by atoms with van der Waals surface area (Å²) in [4.78, 5) is 7.51. The Kier molecular flexibility index (Phi) is 7.66. The third-order valence-electron chi connectivity index (χ3n) is 5.10. The van der Waals surface area contributed by atoms with Gasteiger partial charge >= 0.3 is 0 Å². The Labute approximate surface area is 216 Å². The van der Waals surface area contributed by atoms with Crippen LogP contribution in [0.15, 0.2) is 105 Å². The number of aliphatic imine (C=N–C) groups is 1. The maximum absolute atomic E-state index is 13.4. The quantitative estimate of drug-likeness (QED) is 0.361. The molecular formula is C25H20FN5O4S2. The highest BCUT2D eigenvalue weighted by atomic mass is 32.2. The predicted octanol–water partition coefficient (Wildman–Crippen LogP) is 5.14. The van der Waals surface area contributed by atoms with Crippen molar-refractivity contribution in [3.8, 4) is 11.8 Å². The summed E-state index contributed by atoms with van der Waals surface area (Å²) in [5, 5.41) is 14.8. The number of dihydropyridines is 1. The van der Waals surface area contributed by atoms with Gasteiger partial charge in [-0.2, -0.15) is 9.65 Å². The molecule has 9 nitrogen and oxygen atoms in total. The predicted molar refractivity (Wildman–Crippen MR) is 139 cm³/mol. The van der Waals surface area contributed by atoms with Crippen LogP contribution in [0, 0.1) is 11.3 Å². The van der Waals surface area contributed by atoms with E-state index < -0.39 is 16.0 Å². The van der Waals surface area contributed by atoms with E-state index in [1.165, 1.54) is 43.1 Å². The van der Waals surface area contributed by atoms with E-state index in [-0.39, 0.29) is 27.9 Å². The molecule has 1 aliphatic rings. The number of allylic oxidation sites excluding steroid dienone is 4. The second kappa shape index (κ2) is 11.1. The van der Waals surface area contributed by atoms with E-state index in [2.05, 4.69) is 26.6 Å². The molecule has 0 spiro atoms. The van der Waals surface area contributed by atoms with Crippen LogP contribution < -0.4 is 14.8 Å². The lowest BCUT2D eigenvalue weighted by atomic mass is 10.0. The molecule has 2 N–H and O–H groups in total. The van der Waals surface area contributed by atoms with Gasteiger partial charge < -0.3 is 14.5 Å². The zero-order valence-electron chi connectivity index (χ0n) is 19.4. The molecule has 0 atom stereocenters.